The van der Waals surface area contributed by atoms with E-state index in [9.17, 15) is 0 Å². The summed E-state index contributed by atoms with van der Waals surface area (Å²) in [6, 6.07) is 12.8. The van der Waals surface area contributed by atoms with Crippen LogP contribution >= 0.6 is 11.6 Å². The summed E-state index contributed by atoms with van der Waals surface area (Å²) in [5.41, 5.74) is 8.52. The normalized spacial score (nSPS) is 20.6. The second-order valence-electron chi connectivity index (χ2n) is 5.45. The summed E-state index contributed by atoms with van der Waals surface area (Å²) in [4.78, 5) is 6.60. The number of rotatable bonds is 4. The second kappa shape index (κ2) is 6.56. The van der Waals surface area contributed by atoms with Crippen LogP contribution in [-0.2, 0) is 0 Å². The minimum absolute atomic E-state index is 0.166. The van der Waals surface area contributed by atoms with Gasteiger partial charge in [-0.05, 0) is 48.7 Å². The van der Waals surface area contributed by atoms with Crippen molar-refractivity contribution in [1.82, 2.24) is 9.88 Å². The fraction of sp³-hybridized carbons (Fsp3) is 0.353. The number of likely N-dealkylation sites (tertiary alicyclic amines) is 1. The minimum atomic E-state index is 0.166. The van der Waals surface area contributed by atoms with Crippen molar-refractivity contribution in [2.24, 2.45) is 5.73 Å². The number of benzene rings is 1. The third-order valence-electron chi connectivity index (χ3n) is 4.27. The molecule has 1 aliphatic heterocycles. The molecule has 2 heterocycles. The molecular formula is C17H20ClN3. The van der Waals surface area contributed by atoms with Crippen molar-refractivity contribution in [3.8, 4) is 0 Å². The van der Waals surface area contributed by atoms with Crippen LogP contribution in [0.25, 0.3) is 0 Å². The Morgan fingerprint density at radius 1 is 1.24 bits per heavy atom. The van der Waals surface area contributed by atoms with Crippen LogP contribution in [0.3, 0.4) is 0 Å². The topological polar surface area (TPSA) is 42.1 Å². The molecule has 2 atom stereocenters. The first-order valence-electron chi connectivity index (χ1n) is 7.41. The molecule has 3 nitrogen and oxygen atoms in total. The first-order chi connectivity index (χ1) is 10.3. The third-order valence-corrected chi connectivity index (χ3v) is 4.62. The molecule has 0 aliphatic carbocycles. The van der Waals surface area contributed by atoms with Gasteiger partial charge in [0.05, 0.1) is 0 Å². The fourth-order valence-electron chi connectivity index (χ4n) is 3.29. The van der Waals surface area contributed by atoms with Gasteiger partial charge in [-0.15, -0.1) is 0 Å². The van der Waals surface area contributed by atoms with Crippen molar-refractivity contribution >= 4 is 11.6 Å². The number of hydrogen-bond acceptors (Lipinski definition) is 3. The molecule has 0 bridgehead atoms. The van der Waals surface area contributed by atoms with E-state index in [0.29, 0.717) is 12.6 Å². The number of aromatic nitrogens is 1. The summed E-state index contributed by atoms with van der Waals surface area (Å²) in [5, 5.41) is 0.799. The molecule has 110 valence electrons. The summed E-state index contributed by atoms with van der Waals surface area (Å²) < 4.78 is 0. The average molecular weight is 302 g/mol. The molecule has 4 heteroatoms. The van der Waals surface area contributed by atoms with Crippen molar-refractivity contribution in [2.75, 3.05) is 13.1 Å². The minimum Gasteiger partial charge on any atom is -0.329 e. The molecule has 1 aromatic carbocycles. The van der Waals surface area contributed by atoms with Gasteiger partial charge >= 0.3 is 0 Å². The Hall–Kier alpha value is -1.42. The van der Waals surface area contributed by atoms with E-state index in [1.165, 1.54) is 12.0 Å². The molecular weight excluding hydrogens is 282 g/mol. The van der Waals surface area contributed by atoms with Crippen molar-refractivity contribution in [1.29, 1.82) is 0 Å². The fourth-order valence-corrected chi connectivity index (χ4v) is 3.55. The summed E-state index contributed by atoms with van der Waals surface area (Å²) in [6.45, 7) is 1.63. The zero-order chi connectivity index (χ0) is 14.7. The highest BCUT2D eigenvalue weighted by Crippen LogP contribution is 2.39. The van der Waals surface area contributed by atoms with Gasteiger partial charge in [0.15, 0.2) is 0 Å². The second-order valence-corrected chi connectivity index (χ2v) is 5.86. The smallest absolute Gasteiger partial charge is 0.0491 e. The van der Waals surface area contributed by atoms with Gasteiger partial charge in [0.25, 0.3) is 0 Å². The molecule has 3 rings (SSSR count). The number of hydrogen-bond donors (Lipinski definition) is 1. The lowest BCUT2D eigenvalue weighted by molar-refractivity contribution is 0.185. The highest BCUT2D eigenvalue weighted by Gasteiger charge is 2.32. The van der Waals surface area contributed by atoms with Gasteiger partial charge in [-0.1, -0.05) is 29.8 Å². The first kappa shape index (κ1) is 14.5. The van der Waals surface area contributed by atoms with Crippen molar-refractivity contribution < 1.29 is 0 Å². The Bertz CT molecular complexity index is 588. The number of halogens is 1. The van der Waals surface area contributed by atoms with E-state index < -0.39 is 0 Å². The predicted molar refractivity (Wildman–Crippen MR) is 86.2 cm³/mol. The maximum atomic E-state index is 6.38. The molecule has 21 heavy (non-hydrogen) atoms. The van der Waals surface area contributed by atoms with E-state index >= 15 is 0 Å². The van der Waals surface area contributed by atoms with Gasteiger partial charge < -0.3 is 5.73 Å². The lowest BCUT2D eigenvalue weighted by atomic mass is 10.0. The third kappa shape index (κ3) is 2.95. The summed E-state index contributed by atoms with van der Waals surface area (Å²) in [7, 11) is 0. The van der Waals surface area contributed by atoms with Crippen LogP contribution in [0.1, 0.15) is 36.1 Å². The molecule has 1 aliphatic rings. The van der Waals surface area contributed by atoms with Crippen molar-refractivity contribution in [3.63, 3.8) is 0 Å². The Labute approximate surface area is 130 Å². The van der Waals surface area contributed by atoms with Crippen LogP contribution in [-0.4, -0.2) is 23.0 Å². The van der Waals surface area contributed by atoms with Gasteiger partial charge in [0.1, 0.15) is 0 Å². The predicted octanol–water partition coefficient (Wildman–Crippen LogP) is 3.57. The van der Waals surface area contributed by atoms with Gasteiger partial charge in [-0.3, -0.25) is 9.88 Å². The maximum absolute atomic E-state index is 6.38. The molecule has 2 unspecified atom stereocenters. The molecule has 2 aromatic rings. The molecule has 1 aromatic heterocycles. The molecule has 0 saturated carbocycles. The van der Waals surface area contributed by atoms with Crippen LogP contribution in [0, 0.1) is 0 Å². The van der Waals surface area contributed by atoms with Gasteiger partial charge in [0, 0.05) is 36.0 Å². The van der Waals surface area contributed by atoms with E-state index in [1.807, 2.05) is 30.6 Å². The van der Waals surface area contributed by atoms with Crippen LogP contribution in [0.2, 0.25) is 5.02 Å². The standard InChI is InChI=1S/C17H20ClN3/c18-15-5-2-1-4-14(15)17(12-19)21-11-3-6-16(21)13-7-9-20-10-8-13/h1-2,4-5,7-10,16-17H,3,6,11-12,19H2. The van der Waals surface area contributed by atoms with Crippen LogP contribution in [0.4, 0.5) is 0 Å². The first-order valence-corrected chi connectivity index (χ1v) is 7.79. The summed E-state index contributed by atoms with van der Waals surface area (Å²) in [5.74, 6) is 0. The van der Waals surface area contributed by atoms with Crippen molar-refractivity contribution in [2.45, 2.75) is 24.9 Å². The zero-order valence-electron chi connectivity index (χ0n) is 12.0. The molecule has 1 saturated heterocycles. The SMILES string of the molecule is NCC(c1ccccc1Cl)N1CCCC1c1ccncc1. The van der Waals surface area contributed by atoms with E-state index in [-0.39, 0.29) is 6.04 Å². The monoisotopic (exact) mass is 301 g/mol. The van der Waals surface area contributed by atoms with Gasteiger partial charge in [-0.2, -0.15) is 0 Å². The highest BCUT2D eigenvalue weighted by atomic mass is 35.5. The Kier molecular flexibility index (Phi) is 4.54. The lowest BCUT2D eigenvalue weighted by Gasteiger charge is -2.33. The largest absolute Gasteiger partial charge is 0.329 e. The number of nitrogens with zero attached hydrogens (tertiary/aromatic N) is 2. The van der Waals surface area contributed by atoms with Gasteiger partial charge in [0.2, 0.25) is 0 Å². The van der Waals surface area contributed by atoms with E-state index in [4.69, 9.17) is 17.3 Å². The Morgan fingerprint density at radius 3 is 2.71 bits per heavy atom. The van der Waals surface area contributed by atoms with E-state index in [1.54, 1.807) is 0 Å². The van der Waals surface area contributed by atoms with Crippen LogP contribution in [0.5, 0.6) is 0 Å². The highest BCUT2D eigenvalue weighted by molar-refractivity contribution is 6.31. The molecule has 1 fully saturated rings. The molecule has 0 amide bonds. The summed E-state index contributed by atoms with van der Waals surface area (Å²) in [6.07, 6.45) is 6.07. The van der Waals surface area contributed by atoms with E-state index in [2.05, 4.69) is 28.1 Å². The summed E-state index contributed by atoms with van der Waals surface area (Å²) >= 11 is 6.38. The van der Waals surface area contributed by atoms with Gasteiger partial charge in [-0.25, -0.2) is 0 Å². The van der Waals surface area contributed by atoms with Crippen LogP contribution < -0.4 is 5.73 Å². The quantitative estimate of drug-likeness (QED) is 0.938. The Balaban J connectivity index is 1.91. The number of pyridine rings is 1. The maximum Gasteiger partial charge on any atom is 0.0491 e. The molecule has 2 N–H and O–H groups in total. The lowest BCUT2D eigenvalue weighted by Crippen LogP contribution is -2.33. The number of nitrogens with two attached hydrogens (primary N) is 1. The van der Waals surface area contributed by atoms with Crippen LogP contribution in [0.15, 0.2) is 48.8 Å². The average Bonchev–Trinajstić information content (AvgIpc) is 3.00. The molecule has 0 radical (unpaired) electrons. The van der Waals surface area contributed by atoms with Crippen molar-refractivity contribution in [3.05, 3.63) is 64.9 Å². The Morgan fingerprint density at radius 2 is 2.00 bits per heavy atom. The molecule has 0 spiro atoms. The zero-order valence-corrected chi connectivity index (χ0v) is 12.7. The van der Waals surface area contributed by atoms with E-state index in [0.717, 1.165) is 23.6 Å².